The summed E-state index contributed by atoms with van der Waals surface area (Å²) < 4.78 is 14.0. The third kappa shape index (κ3) is 8.63. The van der Waals surface area contributed by atoms with E-state index in [2.05, 4.69) is 37.2 Å². The summed E-state index contributed by atoms with van der Waals surface area (Å²) in [4.78, 5) is 94.0. The number of hydrogen-bond donors (Lipinski definition) is 2. The lowest BCUT2D eigenvalue weighted by Crippen LogP contribution is -2.59. The normalized spacial score (nSPS) is 22.8. The highest BCUT2D eigenvalue weighted by Gasteiger charge is 2.46. The zero-order valence-corrected chi connectivity index (χ0v) is 38.7. The second kappa shape index (κ2) is 18.4. The number of carbonyl (C=O) groups is 5. The highest BCUT2D eigenvalue weighted by atomic mass is 35.5. The maximum absolute atomic E-state index is 13.7. The van der Waals surface area contributed by atoms with Crippen molar-refractivity contribution in [2.45, 2.75) is 116 Å². The van der Waals surface area contributed by atoms with E-state index in [1.807, 2.05) is 45.0 Å². The van der Waals surface area contributed by atoms with Crippen molar-refractivity contribution in [1.82, 2.24) is 29.7 Å². The first-order valence-corrected chi connectivity index (χ1v) is 23.5. The molecule has 9 rings (SSSR count). The van der Waals surface area contributed by atoms with E-state index >= 15 is 0 Å². The Hall–Kier alpha value is -5.91. The van der Waals surface area contributed by atoms with Gasteiger partial charge in [-0.05, 0) is 102 Å². The van der Waals surface area contributed by atoms with Gasteiger partial charge < -0.3 is 29.2 Å². The number of amides is 4. The van der Waals surface area contributed by atoms with Gasteiger partial charge in [-0.3, -0.25) is 43.9 Å². The van der Waals surface area contributed by atoms with Crippen LogP contribution in [0.25, 0.3) is 10.9 Å². The number of aromatic nitrogens is 3. The second-order valence-corrected chi connectivity index (χ2v) is 18.8. The fourth-order valence-electron chi connectivity index (χ4n) is 10.1. The lowest BCUT2D eigenvalue weighted by Gasteiger charge is -2.50. The van der Waals surface area contributed by atoms with Crippen LogP contribution in [0.2, 0.25) is 5.02 Å². The summed E-state index contributed by atoms with van der Waals surface area (Å²) in [5.74, 6) is -0.906. The van der Waals surface area contributed by atoms with Crippen molar-refractivity contribution in [3.63, 3.8) is 0 Å². The second-order valence-electron chi connectivity index (χ2n) is 18.4. The third-order valence-corrected chi connectivity index (χ3v) is 14.1. The summed E-state index contributed by atoms with van der Waals surface area (Å²) in [6.07, 6.45) is 6.14. The number of carbonyl (C=O) groups excluding carboxylic acids is 5. The minimum absolute atomic E-state index is 0.0811. The number of nitrogens with one attached hydrogen (secondary N) is 2. The van der Waals surface area contributed by atoms with Gasteiger partial charge in [0.1, 0.15) is 17.7 Å². The molecule has 3 saturated heterocycles. The standard InChI is InChI=1S/C48H56ClN9O8/c1-6-32(59)25-65-40-20-29-19-30(7-9-38(29)57(26(2)3)46(40)63)51-43-36(49)23-50-48(53-43)54-15-13-33(14-16-54)66-34-21-31(22-34)55-17-18-56(27(4)24-55)37-10-8-35-42(28(37)5)47(64)58(45(35)62)39-11-12-41(60)52-44(39)61/h7-10,19-20,23,26-27,31,33-34,39H,6,11-18,21-22,24-25H2,1-5H3,(H,50,51,53)(H,52,60,61)/t27-,31?,34?,39?/m1/s1. The predicted octanol–water partition coefficient (Wildman–Crippen LogP) is 5.56. The summed E-state index contributed by atoms with van der Waals surface area (Å²) in [7, 11) is 0. The van der Waals surface area contributed by atoms with E-state index in [0.29, 0.717) is 46.1 Å². The van der Waals surface area contributed by atoms with Crippen LogP contribution < -0.4 is 30.7 Å². The number of piperazine rings is 1. The van der Waals surface area contributed by atoms with E-state index < -0.39 is 29.7 Å². The molecule has 2 aromatic heterocycles. The molecule has 2 N–H and O–H groups in total. The Bertz CT molecular complexity index is 2680. The fraction of sp³-hybridized carbons (Fsp3) is 0.500. The number of halogens is 1. The monoisotopic (exact) mass is 921 g/mol. The quantitative estimate of drug-likeness (QED) is 0.159. The minimum atomic E-state index is -0.993. The molecule has 4 aliphatic heterocycles. The molecular weight excluding hydrogens is 866 g/mol. The van der Waals surface area contributed by atoms with Crippen molar-refractivity contribution in [3.05, 3.63) is 74.7 Å². The SMILES string of the molecule is CCC(=O)COc1cc2cc(Nc3nc(N4CCC(OC5CC(N6CCN(c7ccc8c(c7C)C(=O)N(C7CCC(=O)NC7=O)C8=O)[C@H](C)C6)C5)CC4)ncc3Cl)ccc2n(C(C)C)c1=O. The highest BCUT2D eigenvalue weighted by Crippen LogP contribution is 2.38. The van der Waals surface area contributed by atoms with Crippen molar-refractivity contribution in [2.24, 2.45) is 0 Å². The lowest BCUT2D eigenvalue weighted by atomic mass is 9.86. The summed E-state index contributed by atoms with van der Waals surface area (Å²) >= 11 is 6.61. The number of pyridine rings is 1. The van der Waals surface area contributed by atoms with E-state index in [0.717, 1.165) is 85.5 Å². The van der Waals surface area contributed by atoms with Crippen LogP contribution in [0.1, 0.15) is 105 Å². The fourth-order valence-corrected chi connectivity index (χ4v) is 10.3. The molecule has 18 heteroatoms. The van der Waals surface area contributed by atoms with Crippen LogP contribution in [-0.4, -0.2) is 123 Å². The smallest absolute Gasteiger partial charge is 0.293 e. The zero-order valence-electron chi connectivity index (χ0n) is 38.0. The van der Waals surface area contributed by atoms with Crippen LogP contribution in [0.3, 0.4) is 0 Å². The third-order valence-electron chi connectivity index (χ3n) is 13.8. The minimum Gasteiger partial charge on any atom is -0.480 e. The molecule has 1 saturated carbocycles. The molecule has 5 aliphatic rings. The van der Waals surface area contributed by atoms with Crippen molar-refractivity contribution >= 4 is 75.1 Å². The van der Waals surface area contributed by atoms with Crippen LogP contribution in [0.4, 0.5) is 23.1 Å². The maximum atomic E-state index is 13.7. The summed E-state index contributed by atoms with van der Waals surface area (Å²) in [5, 5.41) is 6.74. The number of ether oxygens (including phenoxy) is 2. The number of ketones is 1. The number of rotatable bonds is 13. The van der Waals surface area contributed by atoms with Gasteiger partial charge in [-0.25, -0.2) is 4.98 Å². The number of nitrogens with zero attached hydrogens (tertiary/aromatic N) is 7. The average Bonchev–Trinajstić information content (AvgIpc) is 3.53. The summed E-state index contributed by atoms with van der Waals surface area (Å²) in [5.41, 5.74) is 3.46. The molecule has 348 valence electrons. The van der Waals surface area contributed by atoms with Crippen LogP contribution in [0.5, 0.6) is 5.75 Å². The summed E-state index contributed by atoms with van der Waals surface area (Å²) in [6, 6.07) is 10.4. The Labute approximate surface area is 387 Å². The van der Waals surface area contributed by atoms with Crippen LogP contribution in [0.15, 0.2) is 47.4 Å². The van der Waals surface area contributed by atoms with Gasteiger partial charge in [0, 0.05) is 80.5 Å². The number of Topliss-reactive ketones (excluding diaryl/α,β-unsaturated/α-hetero) is 1. The molecule has 4 amide bonds. The molecule has 2 atom stereocenters. The number of imide groups is 2. The largest absolute Gasteiger partial charge is 0.480 e. The van der Waals surface area contributed by atoms with Crippen molar-refractivity contribution < 1.29 is 33.4 Å². The number of hydrogen-bond acceptors (Lipinski definition) is 14. The van der Waals surface area contributed by atoms with E-state index in [9.17, 15) is 28.8 Å². The number of anilines is 4. The maximum Gasteiger partial charge on any atom is 0.293 e. The topological polar surface area (TPSA) is 189 Å². The average molecular weight is 922 g/mol. The molecular formula is C48H56ClN9O8. The lowest BCUT2D eigenvalue weighted by molar-refractivity contribution is -0.136. The van der Waals surface area contributed by atoms with E-state index in [-0.39, 0.29) is 60.8 Å². The molecule has 66 heavy (non-hydrogen) atoms. The van der Waals surface area contributed by atoms with Crippen molar-refractivity contribution in [1.29, 1.82) is 0 Å². The van der Waals surface area contributed by atoms with Gasteiger partial charge in [0.15, 0.2) is 17.4 Å². The number of fused-ring (bicyclic) bond motifs is 2. The Kier molecular flexibility index (Phi) is 12.6. The van der Waals surface area contributed by atoms with Gasteiger partial charge in [-0.2, -0.15) is 4.98 Å². The molecule has 1 unspecified atom stereocenters. The molecule has 4 aromatic rings. The zero-order chi connectivity index (χ0) is 46.6. The molecule has 0 radical (unpaired) electrons. The van der Waals surface area contributed by atoms with E-state index in [4.69, 9.17) is 26.1 Å². The molecule has 1 aliphatic carbocycles. The van der Waals surface area contributed by atoms with Gasteiger partial charge in [0.25, 0.3) is 17.4 Å². The van der Waals surface area contributed by atoms with Gasteiger partial charge in [0.2, 0.25) is 17.8 Å². The van der Waals surface area contributed by atoms with Gasteiger partial charge in [-0.15, -0.1) is 0 Å². The molecule has 0 bridgehead atoms. The van der Waals surface area contributed by atoms with Crippen molar-refractivity contribution in [2.75, 3.05) is 54.4 Å². The first-order valence-electron chi connectivity index (χ1n) is 23.1. The van der Waals surface area contributed by atoms with Crippen LogP contribution in [-0.2, 0) is 19.1 Å². The van der Waals surface area contributed by atoms with Crippen molar-refractivity contribution in [3.8, 4) is 5.75 Å². The predicted molar refractivity (Wildman–Crippen MR) is 249 cm³/mol. The first kappa shape index (κ1) is 45.3. The summed E-state index contributed by atoms with van der Waals surface area (Å²) in [6.45, 7) is 13.5. The Morgan fingerprint density at radius 1 is 0.970 bits per heavy atom. The Balaban J connectivity index is 0.763. The molecule has 6 heterocycles. The van der Waals surface area contributed by atoms with Crippen LogP contribution in [0, 0.1) is 6.92 Å². The molecule has 17 nitrogen and oxygen atoms in total. The first-order chi connectivity index (χ1) is 31.7. The molecule has 2 aromatic carbocycles. The van der Waals surface area contributed by atoms with Gasteiger partial charge in [0.05, 0.1) is 35.0 Å². The highest BCUT2D eigenvalue weighted by molar-refractivity contribution is 6.33. The van der Waals surface area contributed by atoms with Gasteiger partial charge >= 0.3 is 0 Å². The Morgan fingerprint density at radius 3 is 2.45 bits per heavy atom. The van der Waals surface area contributed by atoms with E-state index in [1.54, 1.807) is 29.8 Å². The van der Waals surface area contributed by atoms with Gasteiger partial charge in [-0.1, -0.05) is 18.5 Å². The number of piperidine rings is 2. The number of benzene rings is 2. The van der Waals surface area contributed by atoms with E-state index in [1.165, 1.54) is 0 Å². The van der Waals surface area contributed by atoms with Crippen LogP contribution >= 0.6 is 11.6 Å². The molecule has 0 spiro atoms. The Morgan fingerprint density at radius 2 is 1.74 bits per heavy atom. The molecule has 4 fully saturated rings.